The predicted octanol–water partition coefficient (Wildman–Crippen LogP) is 3.38. The van der Waals surface area contributed by atoms with Crippen LogP contribution >= 0.6 is 23.2 Å². The van der Waals surface area contributed by atoms with E-state index in [1.165, 1.54) is 0 Å². The fourth-order valence-corrected chi connectivity index (χ4v) is 3.56. The van der Waals surface area contributed by atoms with Gasteiger partial charge in [0.05, 0.1) is 5.69 Å². The quantitative estimate of drug-likeness (QED) is 0.694. The van der Waals surface area contributed by atoms with Crippen molar-refractivity contribution in [3.05, 3.63) is 63.7 Å². The zero-order valence-electron chi connectivity index (χ0n) is 13.9. The molecule has 2 aromatic heterocycles. The van der Waals surface area contributed by atoms with E-state index in [0.29, 0.717) is 22.4 Å². The summed E-state index contributed by atoms with van der Waals surface area (Å²) in [5.41, 5.74) is 9.47. The summed E-state index contributed by atoms with van der Waals surface area (Å²) in [6, 6.07) is 9.99. The first kappa shape index (κ1) is 17.1. The lowest BCUT2D eigenvalue weighted by molar-refractivity contribution is 0.242. The average Bonchev–Trinajstić information content (AvgIpc) is 2.65. The van der Waals surface area contributed by atoms with Crippen LogP contribution in [0.15, 0.2) is 36.5 Å². The molecule has 0 unspecified atom stereocenters. The van der Waals surface area contributed by atoms with Gasteiger partial charge in [-0.2, -0.15) is 0 Å². The lowest BCUT2D eigenvalue weighted by Crippen LogP contribution is -2.31. The molecule has 1 aliphatic heterocycles. The number of benzene rings is 1. The van der Waals surface area contributed by atoms with E-state index in [-0.39, 0.29) is 5.95 Å². The van der Waals surface area contributed by atoms with Crippen LogP contribution in [0.1, 0.15) is 16.8 Å². The third-order valence-electron chi connectivity index (χ3n) is 4.35. The second-order valence-corrected chi connectivity index (χ2v) is 6.85. The molecular formula is C18H16Cl2N6. The minimum atomic E-state index is 0.0783. The fraction of sp³-hybridized carbons (Fsp3) is 0.222. The number of aromatic nitrogens is 4. The molecule has 0 atom stereocenters. The number of rotatable bonds is 3. The number of fused-ring (bicyclic) bond motifs is 1. The Kier molecular flexibility index (Phi) is 4.72. The maximum atomic E-state index is 6.18. The number of nitrogen functional groups attached to an aromatic ring is 1. The van der Waals surface area contributed by atoms with Crippen LogP contribution in [0.2, 0.25) is 10.3 Å². The van der Waals surface area contributed by atoms with Crippen LogP contribution < -0.4 is 5.73 Å². The number of nitrogens with two attached hydrogens (primary N) is 1. The number of hydrogen-bond donors (Lipinski definition) is 1. The number of anilines is 1. The zero-order valence-corrected chi connectivity index (χ0v) is 15.4. The van der Waals surface area contributed by atoms with Crippen molar-refractivity contribution < 1.29 is 0 Å². The fourth-order valence-electron chi connectivity index (χ4n) is 3.04. The van der Waals surface area contributed by atoms with Crippen LogP contribution in [0.25, 0.3) is 11.4 Å². The summed E-state index contributed by atoms with van der Waals surface area (Å²) >= 11 is 12.4. The summed E-state index contributed by atoms with van der Waals surface area (Å²) < 4.78 is 0. The highest BCUT2D eigenvalue weighted by atomic mass is 35.5. The van der Waals surface area contributed by atoms with Crippen molar-refractivity contribution in [2.75, 3.05) is 12.3 Å². The Morgan fingerprint density at radius 3 is 2.50 bits per heavy atom. The molecular weight excluding hydrogens is 371 g/mol. The molecule has 6 nitrogen and oxygen atoms in total. The Hall–Kier alpha value is -2.28. The Bertz CT molecular complexity index is 925. The highest BCUT2D eigenvalue weighted by molar-refractivity contribution is 6.34. The molecule has 0 saturated carbocycles. The van der Waals surface area contributed by atoms with Gasteiger partial charge >= 0.3 is 0 Å². The number of hydrogen-bond acceptors (Lipinski definition) is 6. The van der Waals surface area contributed by atoms with Crippen molar-refractivity contribution in [1.82, 2.24) is 24.8 Å². The van der Waals surface area contributed by atoms with E-state index in [2.05, 4.69) is 19.9 Å². The lowest BCUT2D eigenvalue weighted by atomic mass is 10.1. The van der Waals surface area contributed by atoms with Crippen LogP contribution in [-0.4, -0.2) is 31.4 Å². The molecule has 0 spiro atoms. The summed E-state index contributed by atoms with van der Waals surface area (Å²) in [5, 5.41) is 0.591. The first-order chi connectivity index (χ1) is 12.6. The van der Waals surface area contributed by atoms with Crippen molar-refractivity contribution >= 4 is 29.2 Å². The summed E-state index contributed by atoms with van der Waals surface area (Å²) in [6.07, 6.45) is 2.74. The van der Waals surface area contributed by atoms with Crippen LogP contribution in [-0.2, 0) is 19.5 Å². The summed E-state index contributed by atoms with van der Waals surface area (Å²) in [6.45, 7) is 2.12. The monoisotopic (exact) mass is 386 g/mol. The van der Waals surface area contributed by atoms with Crippen molar-refractivity contribution in [3.63, 3.8) is 0 Å². The topological polar surface area (TPSA) is 80.8 Å². The lowest BCUT2D eigenvalue weighted by Gasteiger charge is -2.28. The molecule has 1 aromatic carbocycles. The third-order valence-corrected chi connectivity index (χ3v) is 4.98. The molecule has 0 fully saturated rings. The summed E-state index contributed by atoms with van der Waals surface area (Å²) in [7, 11) is 0. The van der Waals surface area contributed by atoms with E-state index in [0.717, 1.165) is 42.2 Å². The number of nitrogens with zero attached hydrogens (tertiary/aromatic N) is 5. The van der Waals surface area contributed by atoms with Crippen molar-refractivity contribution in [2.45, 2.75) is 19.5 Å². The van der Waals surface area contributed by atoms with Gasteiger partial charge in [-0.15, -0.1) is 0 Å². The largest absolute Gasteiger partial charge is 0.368 e. The predicted molar refractivity (Wildman–Crippen MR) is 102 cm³/mol. The Morgan fingerprint density at radius 1 is 1.04 bits per heavy atom. The molecule has 0 aliphatic carbocycles. The minimum Gasteiger partial charge on any atom is -0.368 e. The molecule has 0 saturated heterocycles. The Labute approximate surface area is 161 Å². The van der Waals surface area contributed by atoms with Crippen molar-refractivity contribution in [2.24, 2.45) is 0 Å². The standard InChI is InChI=1S/C18H16Cl2N6/c19-15-13(16(20)25-18(21)24-15)10-26-7-6-14-12(9-26)8-22-17(23-14)11-4-2-1-3-5-11/h1-5,8H,6-7,9-10H2,(H2,21,24,25). The van der Waals surface area contributed by atoms with Crippen LogP contribution in [0, 0.1) is 0 Å². The smallest absolute Gasteiger partial charge is 0.222 e. The van der Waals surface area contributed by atoms with Gasteiger partial charge in [-0.1, -0.05) is 53.5 Å². The SMILES string of the molecule is Nc1nc(Cl)c(CN2CCc3nc(-c4ccccc4)ncc3C2)c(Cl)n1. The van der Waals surface area contributed by atoms with Crippen LogP contribution in [0.5, 0.6) is 0 Å². The molecule has 4 rings (SSSR count). The second kappa shape index (κ2) is 7.15. The third kappa shape index (κ3) is 3.49. The minimum absolute atomic E-state index is 0.0783. The van der Waals surface area contributed by atoms with Gasteiger partial charge in [0.1, 0.15) is 10.3 Å². The molecule has 3 aromatic rings. The van der Waals surface area contributed by atoms with Crippen molar-refractivity contribution in [3.8, 4) is 11.4 Å². The van der Waals surface area contributed by atoms with Gasteiger partial charge < -0.3 is 5.73 Å². The molecule has 2 N–H and O–H groups in total. The first-order valence-electron chi connectivity index (χ1n) is 8.20. The molecule has 8 heteroatoms. The van der Waals surface area contributed by atoms with E-state index in [4.69, 9.17) is 33.9 Å². The average molecular weight is 387 g/mol. The van der Waals surface area contributed by atoms with E-state index in [9.17, 15) is 0 Å². The summed E-state index contributed by atoms with van der Waals surface area (Å²) in [5.74, 6) is 0.838. The van der Waals surface area contributed by atoms with Gasteiger partial charge in [0.25, 0.3) is 0 Å². The molecule has 132 valence electrons. The highest BCUT2D eigenvalue weighted by Gasteiger charge is 2.21. The van der Waals surface area contributed by atoms with Gasteiger partial charge in [0.2, 0.25) is 5.95 Å². The molecule has 0 radical (unpaired) electrons. The maximum absolute atomic E-state index is 6.18. The Balaban J connectivity index is 1.54. The highest BCUT2D eigenvalue weighted by Crippen LogP contribution is 2.27. The van der Waals surface area contributed by atoms with Crippen molar-refractivity contribution in [1.29, 1.82) is 0 Å². The number of halogens is 2. The van der Waals surface area contributed by atoms with Gasteiger partial charge in [-0.3, -0.25) is 4.90 Å². The van der Waals surface area contributed by atoms with Gasteiger partial charge in [-0.05, 0) is 0 Å². The molecule has 0 bridgehead atoms. The van der Waals surface area contributed by atoms with E-state index in [1.54, 1.807) is 0 Å². The molecule has 0 amide bonds. The zero-order chi connectivity index (χ0) is 18.1. The summed E-state index contributed by atoms with van der Waals surface area (Å²) in [4.78, 5) is 19.5. The van der Waals surface area contributed by atoms with Gasteiger partial charge in [0.15, 0.2) is 5.82 Å². The molecule has 26 heavy (non-hydrogen) atoms. The maximum Gasteiger partial charge on any atom is 0.222 e. The molecule has 3 heterocycles. The normalized spacial score (nSPS) is 14.2. The molecule has 1 aliphatic rings. The van der Waals surface area contributed by atoms with E-state index >= 15 is 0 Å². The first-order valence-corrected chi connectivity index (χ1v) is 8.95. The van der Waals surface area contributed by atoms with Crippen LogP contribution in [0.3, 0.4) is 0 Å². The van der Waals surface area contributed by atoms with E-state index in [1.807, 2.05) is 36.5 Å². The second-order valence-electron chi connectivity index (χ2n) is 6.13. The Morgan fingerprint density at radius 2 is 1.77 bits per heavy atom. The van der Waals surface area contributed by atoms with Gasteiger partial charge in [0, 0.05) is 48.9 Å². The van der Waals surface area contributed by atoms with E-state index < -0.39 is 0 Å². The van der Waals surface area contributed by atoms with Gasteiger partial charge in [-0.25, -0.2) is 19.9 Å². The van der Waals surface area contributed by atoms with Crippen LogP contribution in [0.4, 0.5) is 5.95 Å².